The predicted octanol–water partition coefficient (Wildman–Crippen LogP) is 0.813. The fraction of sp³-hybridized carbons (Fsp3) is 0.467. The second-order valence-electron chi connectivity index (χ2n) is 4.95. The lowest BCUT2D eigenvalue weighted by Crippen LogP contribution is -2.42. The number of anilines is 1. The Labute approximate surface area is 150 Å². The molecular formula is C15H22ClN3O6. The number of hydrazine groups is 1. The highest BCUT2D eigenvalue weighted by atomic mass is 35.5. The number of benzene rings is 1. The summed E-state index contributed by atoms with van der Waals surface area (Å²) in [6.45, 7) is 2.92. The molecule has 1 aromatic carbocycles. The third kappa shape index (κ3) is 5.66. The Morgan fingerprint density at radius 2 is 2.04 bits per heavy atom. The van der Waals surface area contributed by atoms with E-state index in [1.54, 1.807) is 13.8 Å². The Hall–Kier alpha value is -2.23. The van der Waals surface area contributed by atoms with Crippen molar-refractivity contribution in [3.63, 3.8) is 0 Å². The topological polar surface area (TPSA) is 129 Å². The SMILES string of the molecule is CCOC(=O)NNC(=O)c1c(C)c(Cl)cc(OC)c1NCC(O)CO. The van der Waals surface area contributed by atoms with Gasteiger partial charge in [0.15, 0.2) is 0 Å². The first-order chi connectivity index (χ1) is 11.8. The summed E-state index contributed by atoms with van der Waals surface area (Å²) < 4.78 is 9.88. The predicted molar refractivity (Wildman–Crippen MR) is 91.9 cm³/mol. The van der Waals surface area contributed by atoms with Crippen LogP contribution < -0.4 is 20.9 Å². The zero-order valence-corrected chi connectivity index (χ0v) is 14.9. The lowest BCUT2D eigenvalue weighted by atomic mass is 10.0. The van der Waals surface area contributed by atoms with Crippen LogP contribution in [0, 0.1) is 6.92 Å². The van der Waals surface area contributed by atoms with Crippen LogP contribution in [0.3, 0.4) is 0 Å². The van der Waals surface area contributed by atoms with E-state index in [0.717, 1.165) is 0 Å². The molecule has 1 rings (SSSR count). The van der Waals surface area contributed by atoms with Gasteiger partial charge in [-0.2, -0.15) is 0 Å². The van der Waals surface area contributed by atoms with Crippen LogP contribution in [-0.2, 0) is 4.74 Å². The van der Waals surface area contributed by atoms with Crippen molar-refractivity contribution in [3.05, 3.63) is 22.2 Å². The third-order valence-corrected chi connectivity index (χ3v) is 3.61. The molecule has 1 atom stereocenters. The minimum Gasteiger partial charge on any atom is -0.495 e. The number of aliphatic hydroxyl groups is 2. The Kier molecular flexibility index (Phi) is 8.26. The fourth-order valence-corrected chi connectivity index (χ4v) is 2.16. The molecule has 0 saturated heterocycles. The zero-order chi connectivity index (χ0) is 19.0. The first-order valence-electron chi connectivity index (χ1n) is 7.48. The van der Waals surface area contributed by atoms with Crippen molar-refractivity contribution in [2.75, 3.05) is 32.2 Å². The molecule has 1 aromatic rings. The second-order valence-corrected chi connectivity index (χ2v) is 5.36. The van der Waals surface area contributed by atoms with Gasteiger partial charge in [0.25, 0.3) is 5.91 Å². The molecule has 0 aromatic heterocycles. The van der Waals surface area contributed by atoms with Crippen LogP contribution in [0.25, 0.3) is 0 Å². The van der Waals surface area contributed by atoms with Crippen LogP contribution in [0.5, 0.6) is 5.75 Å². The van der Waals surface area contributed by atoms with E-state index in [4.69, 9.17) is 21.4 Å². The monoisotopic (exact) mass is 375 g/mol. The first-order valence-corrected chi connectivity index (χ1v) is 7.86. The molecule has 9 nitrogen and oxygen atoms in total. The molecular weight excluding hydrogens is 354 g/mol. The molecule has 0 aliphatic rings. The molecule has 0 spiro atoms. The summed E-state index contributed by atoms with van der Waals surface area (Å²) >= 11 is 6.13. The van der Waals surface area contributed by atoms with Crippen molar-refractivity contribution in [1.29, 1.82) is 0 Å². The van der Waals surface area contributed by atoms with Gasteiger partial charge in [0, 0.05) is 17.6 Å². The normalized spacial score (nSPS) is 11.4. The lowest BCUT2D eigenvalue weighted by Gasteiger charge is -2.20. The van der Waals surface area contributed by atoms with Crippen LogP contribution >= 0.6 is 11.6 Å². The van der Waals surface area contributed by atoms with E-state index in [0.29, 0.717) is 5.56 Å². The van der Waals surface area contributed by atoms with E-state index < -0.39 is 24.7 Å². The molecule has 5 N–H and O–H groups in total. The maximum Gasteiger partial charge on any atom is 0.426 e. The molecule has 140 valence electrons. The lowest BCUT2D eigenvalue weighted by molar-refractivity contribution is 0.0911. The minimum absolute atomic E-state index is 0.0283. The summed E-state index contributed by atoms with van der Waals surface area (Å²) in [6, 6.07) is 1.51. The maximum atomic E-state index is 12.5. The third-order valence-electron chi connectivity index (χ3n) is 3.21. The number of ether oxygens (including phenoxy) is 2. The number of carbonyl (C=O) groups is 2. The molecule has 10 heteroatoms. The summed E-state index contributed by atoms with van der Waals surface area (Å²) in [5, 5.41) is 21.6. The Morgan fingerprint density at radius 1 is 1.36 bits per heavy atom. The van der Waals surface area contributed by atoms with Crippen LogP contribution in [-0.4, -0.2) is 55.2 Å². The van der Waals surface area contributed by atoms with Crippen molar-refractivity contribution in [1.82, 2.24) is 10.9 Å². The van der Waals surface area contributed by atoms with Gasteiger partial charge in [0.2, 0.25) is 0 Å². The Balaban J connectivity index is 3.14. The quantitative estimate of drug-likeness (QED) is 0.446. The van der Waals surface area contributed by atoms with Crippen LogP contribution in [0.15, 0.2) is 6.07 Å². The zero-order valence-electron chi connectivity index (χ0n) is 14.2. The van der Waals surface area contributed by atoms with Crippen LogP contribution in [0.2, 0.25) is 5.02 Å². The van der Waals surface area contributed by atoms with Gasteiger partial charge in [-0.25, -0.2) is 10.2 Å². The standard InChI is InChI=1S/C15H22ClN3O6/c1-4-25-15(23)19-18-14(22)12-8(2)10(16)5-11(24-3)13(12)17-6-9(21)7-20/h5,9,17,20-21H,4,6-7H2,1-3H3,(H,18,22)(H,19,23). The van der Waals surface area contributed by atoms with Gasteiger partial charge in [-0.3, -0.25) is 10.2 Å². The number of methoxy groups -OCH3 is 1. The number of halogens is 1. The van der Waals surface area contributed by atoms with Crippen molar-refractivity contribution in [2.24, 2.45) is 0 Å². The highest BCUT2D eigenvalue weighted by Crippen LogP contribution is 2.36. The molecule has 0 fully saturated rings. The molecule has 0 saturated carbocycles. The molecule has 1 unspecified atom stereocenters. The van der Waals surface area contributed by atoms with Gasteiger partial charge in [0.05, 0.1) is 37.7 Å². The number of hydrogen-bond donors (Lipinski definition) is 5. The van der Waals surface area contributed by atoms with Crippen molar-refractivity contribution in [2.45, 2.75) is 20.0 Å². The van der Waals surface area contributed by atoms with E-state index in [1.165, 1.54) is 13.2 Å². The summed E-state index contributed by atoms with van der Waals surface area (Å²) in [4.78, 5) is 23.8. The summed E-state index contributed by atoms with van der Waals surface area (Å²) in [7, 11) is 1.40. The first kappa shape index (κ1) is 20.8. The molecule has 25 heavy (non-hydrogen) atoms. The molecule has 0 aliphatic carbocycles. The van der Waals surface area contributed by atoms with Gasteiger partial charge < -0.3 is 25.0 Å². The molecule has 0 aliphatic heterocycles. The van der Waals surface area contributed by atoms with Crippen molar-refractivity contribution < 1.29 is 29.3 Å². The second kappa shape index (κ2) is 9.92. The minimum atomic E-state index is -1.03. The maximum absolute atomic E-state index is 12.5. The number of aliphatic hydroxyl groups excluding tert-OH is 2. The van der Waals surface area contributed by atoms with Gasteiger partial charge in [-0.05, 0) is 19.4 Å². The molecule has 0 bridgehead atoms. The number of hydrogen-bond acceptors (Lipinski definition) is 7. The Bertz CT molecular complexity index is 626. The average Bonchev–Trinajstić information content (AvgIpc) is 2.60. The summed E-state index contributed by atoms with van der Waals surface area (Å²) in [5.74, 6) is -0.394. The highest BCUT2D eigenvalue weighted by molar-refractivity contribution is 6.32. The highest BCUT2D eigenvalue weighted by Gasteiger charge is 2.22. The van der Waals surface area contributed by atoms with Crippen molar-refractivity contribution >= 4 is 29.3 Å². The fourth-order valence-electron chi connectivity index (χ4n) is 1.97. The van der Waals surface area contributed by atoms with Gasteiger partial charge >= 0.3 is 6.09 Å². The van der Waals surface area contributed by atoms with Crippen molar-refractivity contribution in [3.8, 4) is 5.75 Å². The Morgan fingerprint density at radius 3 is 2.60 bits per heavy atom. The number of carbonyl (C=O) groups excluding carboxylic acids is 2. The average molecular weight is 376 g/mol. The van der Waals surface area contributed by atoms with E-state index in [2.05, 4.69) is 20.9 Å². The largest absolute Gasteiger partial charge is 0.495 e. The summed E-state index contributed by atoms with van der Waals surface area (Å²) in [6.07, 6.45) is -1.85. The smallest absolute Gasteiger partial charge is 0.426 e. The number of rotatable bonds is 7. The molecule has 0 heterocycles. The van der Waals surface area contributed by atoms with Crippen LogP contribution in [0.1, 0.15) is 22.8 Å². The van der Waals surface area contributed by atoms with Gasteiger partial charge in [-0.15, -0.1) is 0 Å². The summed E-state index contributed by atoms with van der Waals surface area (Å²) in [5.41, 5.74) is 5.14. The van der Waals surface area contributed by atoms with E-state index in [1.807, 2.05) is 0 Å². The number of amides is 2. The van der Waals surface area contributed by atoms with E-state index in [9.17, 15) is 14.7 Å². The molecule has 2 amide bonds. The van der Waals surface area contributed by atoms with Crippen LogP contribution in [0.4, 0.5) is 10.5 Å². The molecule has 0 radical (unpaired) electrons. The van der Waals surface area contributed by atoms with E-state index >= 15 is 0 Å². The number of nitrogens with one attached hydrogen (secondary N) is 3. The van der Waals surface area contributed by atoms with Gasteiger partial charge in [-0.1, -0.05) is 11.6 Å². The van der Waals surface area contributed by atoms with Gasteiger partial charge in [0.1, 0.15) is 5.75 Å². The van der Waals surface area contributed by atoms with E-state index in [-0.39, 0.29) is 35.2 Å².